The van der Waals surface area contributed by atoms with Gasteiger partial charge in [0.05, 0.1) is 5.01 Å². The summed E-state index contributed by atoms with van der Waals surface area (Å²) in [7, 11) is 0. The Morgan fingerprint density at radius 2 is 2.33 bits per heavy atom. The molecule has 0 aliphatic heterocycles. The molecule has 0 radical (unpaired) electrons. The highest BCUT2D eigenvalue weighted by Gasteiger charge is 1.98. The molecule has 0 aliphatic carbocycles. The molecule has 0 saturated carbocycles. The maximum absolute atomic E-state index is 4.29. The summed E-state index contributed by atoms with van der Waals surface area (Å²) < 4.78 is 0. The van der Waals surface area contributed by atoms with Gasteiger partial charge in [0, 0.05) is 17.6 Å². The molecule has 0 saturated heterocycles. The molecule has 0 unspecified atom stereocenters. The zero-order valence-electron chi connectivity index (χ0n) is 7.76. The summed E-state index contributed by atoms with van der Waals surface area (Å²) >= 11 is 1.81. The smallest absolute Gasteiger partial charge is 0.0925 e. The van der Waals surface area contributed by atoms with Crippen molar-refractivity contribution in [3.8, 4) is 0 Å². The van der Waals surface area contributed by atoms with E-state index in [9.17, 15) is 0 Å². The number of aromatic nitrogens is 1. The third-order valence-corrected chi connectivity index (χ3v) is 2.77. The van der Waals surface area contributed by atoms with Crippen LogP contribution in [0.3, 0.4) is 0 Å². The average molecular weight is 184 g/mol. The minimum absolute atomic E-state index is 0.978. The summed E-state index contributed by atoms with van der Waals surface area (Å²) in [6, 6.07) is 0. The SMILES string of the molecule is CCCNCc1cnc(CC)s1. The fourth-order valence-corrected chi connectivity index (χ4v) is 1.81. The molecule has 3 heteroatoms. The summed E-state index contributed by atoms with van der Waals surface area (Å²) in [5, 5.41) is 4.60. The topological polar surface area (TPSA) is 24.9 Å². The van der Waals surface area contributed by atoms with E-state index in [-0.39, 0.29) is 0 Å². The molecular weight excluding hydrogens is 168 g/mol. The largest absolute Gasteiger partial charge is 0.312 e. The third kappa shape index (κ3) is 2.91. The van der Waals surface area contributed by atoms with Crippen molar-refractivity contribution in [2.75, 3.05) is 6.54 Å². The Labute approximate surface area is 78.0 Å². The molecule has 1 aromatic heterocycles. The predicted molar refractivity (Wildman–Crippen MR) is 53.5 cm³/mol. The van der Waals surface area contributed by atoms with E-state index in [4.69, 9.17) is 0 Å². The second-order valence-corrected chi connectivity index (χ2v) is 3.95. The van der Waals surface area contributed by atoms with Crippen molar-refractivity contribution < 1.29 is 0 Å². The van der Waals surface area contributed by atoms with Gasteiger partial charge in [-0.3, -0.25) is 0 Å². The standard InChI is InChI=1S/C9H16N2S/c1-3-5-10-6-8-7-11-9(4-2)12-8/h7,10H,3-6H2,1-2H3. The Hall–Kier alpha value is -0.410. The van der Waals surface area contributed by atoms with Gasteiger partial charge in [0.1, 0.15) is 0 Å². The number of hydrogen-bond acceptors (Lipinski definition) is 3. The van der Waals surface area contributed by atoms with Crippen LogP contribution in [-0.4, -0.2) is 11.5 Å². The van der Waals surface area contributed by atoms with Crippen LogP contribution in [0.4, 0.5) is 0 Å². The number of nitrogens with zero attached hydrogens (tertiary/aromatic N) is 1. The highest BCUT2D eigenvalue weighted by Crippen LogP contribution is 2.12. The summed E-state index contributed by atoms with van der Waals surface area (Å²) in [6.07, 6.45) is 4.23. The molecule has 0 aromatic carbocycles. The quantitative estimate of drug-likeness (QED) is 0.710. The molecule has 68 valence electrons. The molecule has 0 aliphatic rings. The van der Waals surface area contributed by atoms with Crippen molar-refractivity contribution >= 4 is 11.3 Å². The number of thiazole rings is 1. The van der Waals surface area contributed by atoms with Crippen LogP contribution in [-0.2, 0) is 13.0 Å². The van der Waals surface area contributed by atoms with Gasteiger partial charge in [-0.2, -0.15) is 0 Å². The minimum Gasteiger partial charge on any atom is -0.312 e. The van der Waals surface area contributed by atoms with Crippen LogP contribution in [0.5, 0.6) is 0 Å². The summed E-state index contributed by atoms with van der Waals surface area (Å²) in [5.41, 5.74) is 0. The van der Waals surface area contributed by atoms with Gasteiger partial charge in [-0.25, -0.2) is 4.98 Å². The van der Waals surface area contributed by atoms with Gasteiger partial charge in [0.25, 0.3) is 0 Å². The van der Waals surface area contributed by atoms with E-state index in [0.717, 1.165) is 19.5 Å². The lowest BCUT2D eigenvalue weighted by Crippen LogP contribution is -2.12. The van der Waals surface area contributed by atoms with E-state index in [0.29, 0.717) is 0 Å². The van der Waals surface area contributed by atoms with Crippen molar-refractivity contribution in [3.05, 3.63) is 16.1 Å². The van der Waals surface area contributed by atoms with Crippen molar-refractivity contribution in [1.82, 2.24) is 10.3 Å². The van der Waals surface area contributed by atoms with Gasteiger partial charge in [-0.1, -0.05) is 13.8 Å². The first-order valence-electron chi connectivity index (χ1n) is 4.51. The number of aryl methyl sites for hydroxylation is 1. The molecule has 1 rings (SSSR count). The average Bonchev–Trinajstić information content (AvgIpc) is 2.53. The molecule has 0 amide bonds. The molecule has 12 heavy (non-hydrogen) atoms. The number of hydrogen-bond donors (Lipinski definition) is 1. The maximum Gasteiger partial charge on any atom is 0.0925 e. The van der Waals surface area contributed by atoms with Crippen LogP contribution in [0, 0.1) is 0 Å². The van der Waals surface area contributed by atoms with Gasteiger partial charge in [0.2, 0.25) is 0 Å². The Morgan fingerprint density at radius 3 is 2.92 bits per heavy atom. The van der Waals surface area contributed by atoms with Crippen molar-refractivity contribution in [2.24, 2.45) is 0 Å². The molecule has 0 bridgehead atoms. The molecular formula is C9H16N2S. The van der Waals surface area contributed by atoms with E-state index in [2.05, 4.69) is 24.1 Å². The first-order valence-corrected chi connectivity index (χ1v) is 5.32. The Morgan fingerprint density at radius 1 is 1.50 bits per heavy atom. The van der Waals surface area contributed by atoms with E-state index in [1.807, 2.05) is 17.5 Å². The van der Waals surface area contributed by atoms with Crippen molar-refractivity contribution in [2.45, 2.75) is 33.2 Å². The zero-order valence-corrected chi connectivity index (χ0v) is 8.58. The molecule has 1 N–H and O–H groups in total. The van der Waals surface area contributed by atoms with E-state index in [1.54, 1.807) is 0 Å². The monoisotopic (exact) mass is 184 g/mol. The van der Waals surface area contributed by atoms with Crippen LogP contribution in [0.25, 0.3) is 0 Å². The summed E-state index contributed by atoms with van der Waals surface area (Å²) in [4.78, 5) is 5.64. The Balaban J connectivity index is 2.31. The number of nitrogens with one attached hydrogen (secondary N) is 1. The summed E-state index contributed by atoms with van der Waals surface area (Å²) in [6.45, 7) is 6.39. The van der Waals surface area contributed by atoms with Crippen LogP contribution in [0.1, 0.15) is 30.2 Å². The second-order valence-electron chi connectivity index (χ2n) is 2.75. The van der Waals surface area contributed by atoms with Crippen molar-refractivity contribution in [1.29, 1.82) is 0 Å². The molecule has 0 fully saturated rings. The Bertz CT molecular complexity index is 220. The van der Waals surface area contributed by atoms with Gasteiger partial charge in [-0.15, -0.1) is 11.3 Å². The minimum atomic E-state index is 0.978. The van der Waals surface area contributed by atoms with E-state index < -0.39 is 0 Å². The van der Waals surface area contributed by atoms with Gasteiger partial charge in [-0.05, 0) is 19.4 Å². The maximum atomic E-state index is 4.29. The lowest BCUT2D eigenvalue weighted by Gasteiger charge is -1.97. The van der Waals surface area contributed by atoms with Crippen LogP contribution in [0.15, 0.2) is 6.20 Å². The zero-order chi connectivity index (χ0) is 8.81. The first-order chi connectivity index (χ1) is 5.86. The lowest BCUT2D eigenvalue weighted by molar-refractivity contribution is 0.681. The summed E-state index contributed by atoms with van der Waals surface area (Å²) in [5.74, 6) is 0. The van der Waals surface area contributed by atoms with Gasteiger partial charge >= 0.3 is 0 Å². The molecule has 1 aromatic rings. The van der Waals surface area contributed by atoms with Crippen molar-refractivity contribution in [3.63, 3.8) is 0 Å². The number of rotatable bonds is 5. The Kier molecular flexibility index (Phi) is 4.25. The highest BCUT2D eigenvalue weighted by atomic mass is 32.1. The predicted octanol–water partition coefficient (Wildman–Crippen LogP) is 2.21. The van der Waals surface area contributed by atoms with Gasteiger partial charge < -0.3 is 5.32 Å². The first kappa shape index (κ1) is 9.68. The highest BCUT2D eigenvalue weighted by molar-refractivity contribution is 7.11. The molecule has 0 spiro atoms. The van der Waals surface area contributed by atoms with Gasteiger partial charge in [0.15, 0.2) is 0 Å². The van der Waals surface area contributed by atoms with Crippen LogP contribution in [0.2, 0.25) is 0 Å². The van der Waals surface area contributed by atoms with E-state index >= 15 is 0 Å². The normalized spacial score (nSPS) is 10.5. The molecule has 2 nitrogen and oxygen atoms in total. The molecule has 0 atom stereocenters. The third-order valence-electron chi connectivity index (χ3n) is 1.63. The fraction of sp³-hybridized carbons (Fsp3) is 0.667. The lowest BCUT2D eigenvalue weighted by atomic mass is 10.4. The van der Waals surface area contributed by atoms with E-state index in [1.165, 1.54) is 16.3 Å². The van der Waals surface area contributed by atoms with Crippen LogP contribution < -0.4 is 5.32 Å². The van der Waals surface area contributed by atoms with Crippen LogP contribution >= 0.6 is 11.3 Å². The fourth-order valence-electron chi connectivity index (χ4n) is 0.982. The molecule has 1 heterocycles. The second kappa shape index (κ2) is 5.27.